The van der Waals surface area contributed by atoms with Crippen LogP contribution in [0, 0.1) is 0 Å². The highest BCUT2D eigenvalue weighted by Gasteiger charge is 2.23. The van der Waals surface area contributed by atoms with Crippen molar-refractivity contribution in [2.24, 2.45) is 0 Å². The molecule has 0 aliphatic heterocycles. The number of esters is 1. The summed E-state index contributed by atoms with van der Waals surface area (Å²) in [6.45, 7) is 0. The summed E-state index contributed by atoms with van der Waals surface area (Å²) in [5.74, 6) is -0.154. The Balaban J connectivity index is 1.91. The fourth-order valence-electron chi connectivity index (χ4n) is 2.26. The maximum atomic E-state index is 12.1. The highest BCUT2D eigenvalue weighted by atomic mass is 16.5. The summed E-state index contributed by atoms with van der Waals surface area (Å²) in [6.07, 6.45) is 3.34. The minimum Gasteiger partial charge on any atom is -0.465 e. The van der Waals surface area contributed by atoms with Crippen molar-refractivity contribution in [3.63, 3.8) is 0 Å². The zero-order valence-electron chi connectivity index (χ0n) is 13.1. The van der Waals surface area contributed by atoms with Crippen molar-refractivity contribution in [1.82, 2.24) is 5.16 Å². The second kappa shape index (κ2) is 7.28. The van der Waals surface area contributed by atoms with Gasteiger partial charge in [-0.2, -0.15) is 0 Å². The summed E-state index contributed by atoms with van der Waals surface area (Å²) >= 11 is 0. The third-order valence-electron chi connectivity index (χ3n) is 3.41. The molecule has 0 saturated carbocycles. The molecule has 0 unspecified atom stereocenters. The van der Waals surface area contributed by atoms with E-state index in [1.165, 1.54) is 7.11 Å². The molecule has 5 nitrogen and oxygen atoms in total. The number of benzene rings is 2. The standard InChI is InChI=1S/C19H16N2O3/c1-23-19(22)17-16(12-13-20-15-10-6-3-7-11-15)24-21-18(17)14-8-4-2-5-9-14/h2-13,20H,1H3. The minimum atomic E-state index is -0.491. The SMILES string of the molecule is COC(=O)c1c(-c2ccccc2)noc1C=CNc1ccccc1. The van der Waals surface area contributed by atoms with Gasteiger partial charge in [0.15, 0.2) is 5.76 Å². The summed E-state index contributed by atoms with van der Waals surface area (Å²) in [6, 6.07) is 19.0. The number of aromatic nitrogens is 1. The number of ether oxygens (including phenoxy) is 1. The molecule has 2 aromatic carbocycles. The number of rotatable bonds is 5. The lowest BCUT2D eigenvalue weighted by Crippen LogP contribution is -2.03. The number of hydrogen-bond donors (Lipinski definition) is 1. The van der Waals surface area contributed by atoms with Gasteiger partial charge < -0.3 is 14.6 Å². The Hall–Kier alpha value is -3.34. The zero-order valence-corrected chi connectivity index (χ0v) is 13.1. The van der Waals surface area contributed by atoms with Crippen molar-refractivity contribution < 1.29 is 14.1 Å². The topological polar surface area (TPSA) is 64.4 Å². The average molecular weight is 320 g/mol. The van der Waals surface area contributed by atoms with Gasteiger partial charge in [-0.25, -0.2) is 4.79 Å². The molecule has 0 fully saturated rings. The Morgan fingerprint density at radius 3 is 2.42 bits per heavy atom. The summed E-state index contributed by atoms with van der Waals surface area (Å²) in [4.78, 5) is 12.1. The fraction of sp³-hybridized carbons (Fsp3) is 0.0526. The monoisotopic (exact) mass is 320 g/mol. The van der Waals surface area contributed by atoms with E-state index < -0.39 is 5.97 Å². The van der Waals surface area contributed by atoms with Gasteiger partial charge in [-0.3, -0.25) is 0 Å². The van der Waals surface area contributed by atoms with E-state index in [0.29, 0.717) is 17.0 Å². The van der Waals surface area contributed by atoms with Gasteiger partial charge in [-0.15, -0.1) is 0 Å². The van der Waals surface area contributed by atoms with Crippen molar-refractivity contribution in [2.45, 2.75) is 0 Å². The van der Waals surface area contributed by atoms with Crippen molar-refractivity contribution in [1.29, 1.82) is 0 Å². The van der Waals surface area contributed by atoms with Gasteiger partial charge in [0, 0.05) is 23.5 Å². The number of anilines is 1. The van der Waals surface area contributed by atoms with Crippen molar-refractivity contribution in [2.75, 3.05) is 12.4 Å². The van der Waals surface area contributed by atoms with Crippen LogP contribution >= 0.6 is 0 Å². The summed E-state index contributed by atoms with van der Waals surface area (Å²) in [5, 5.41) is 7.13. The third kappa shape index (κ3) is 3.35. The van der Waals surface area contributed by atoms with Crippen LogP contribution in [0.4, 0.5) is 5.69 Å². The van der Waals surface area contributed by atoms with E-state index in [1.807, 2.05) is 60.7 Å². The van der Waals surface area contributed by atoms with E-state index in [9.17, 15) is 4.79 Å². The minimum absolute atomic E-state index is 0.301. The maximum Gasteiger partial charge on any atom is 0.344 e. The molecule has 1 aromatic heterocycles. The number of carbonyl (C=O) groups excluding carboxylic acids is 1. The van der Waals surface area contributed by atoms with Crippen LogP contribution in [-0.2, 0) is 4.74 Å². The Morgan fingerprint density at radius 1 is 1.08 bits per heavy atom. The number of nitrogens with one attached hydrogen (secondary N) is 1. The number of methoxy groups -OCH3 is 1. The normalized spacial score (nSPS) is 10.7. The van der Waals surface area contributed by atoms with Gasteiger partial charge in [-0.05, 0) is 12.1 Å². The Labute approximate surface area is 139 Å². The molecule has 0 spiro atoms. The highest BCUT2D eigenvalue weighted by molar-refractivity contribution is 5.99. The second-order valence-electron chi connectivity index (χ2n) is 4.97. The van der Waals surface area contributed by atoms with Crippen LogP contribution in [-0.4, -0.2) is 18.2 Å². The van der Waals surface area contributed by atoms with E-state index >= 15 is 0 Å². The predicted octanol–water partition coefficient (Wildman–Crippen LogP) is 4.21. The van der Waals surface area contributed by atoms with Crippen LogP contribution in [0.5, 0.6) is 0 Å². The molecule has 0 aliphatic carbocycles. The lowest BCUT2D eigenvalue weighted by molar-refractivity contribution is 0.0600. The molecular formula is C19H16N2O3. The van der Waals surface area contributed by atoms with Crippen LogP contribution in [0.3, 0.4) is 0 Å². The zero-order chi connectivity index (χ0) is 16.8. The molecule has 1 heterocycles. The molecule has 120 valence electrons. The van der Waals surface area contributed by atoms with E-state index in [2.05, 4.69) is 10.5 Å². The fourth-order valence-corrected chi connectivity index (χ4v) is 2.26. The van der Waals surface area contributed by atoms with Gasteiger partial charge in [0.2, 0.25) is 0 Å². The van der Waals surface area contributed by atoms with Gasteiger partial charge in [0.25, 0.3) is 0 Å². The van der Waals surface area contributed by atoms with Gasteiger partial charge in [-0.1, -0.05) is 53.7 Å². The van der Waals surface area contributed by atoms with Gasteiger partial charge in [0.1, 0.15) is 11.3 Å². The Morgan fingerprint density at radius 2 is 1.75 bits per heavy atom. The molecular weight excluding hydrogens is 304 g/mol. The third-order valence-corrected chi connectivity index (χ3v) is 3.41. The summed E-state index contributed by atoms with van der Waals surface area (Å²) < 4.78 is 10.2. The van der Waals surface area contributed by atoms with Crippen LogP contribution in [0.1, 0.15) is 16.1 Å². The maximum absolute atomic E-state index is 12.1. The lowest BCUT2D eigenvalue weighted by atomic mass is 10.1. The first-order valence-electron chi connectivity index (χ1n) is 7.41. The predicted molar refractivity (Wildman–Crippen MR) is 92.4 cm³/mol. The molecule has 0 aliphatic rings. The van der Waals surface area contributed by atoms with E-state index in [-0.39, 0.29) is 0 Å². The molecule has 1 N–H and O–H groups in total. The number of nitrogens with zero attached hydrogens (tertiary/aromatic N) is 1. The number of hydrogen-bond acceptors (Lipinski definition) is 5. The molecule has 3 aromatic rings. The van der Waals surface area contributed by atoms with Crippen molar-refractivity contribution >= 4 is 17.7 Å². The Bertz CT molecular complexity index is 840. The molecule has 0 amide bonds. The lowest BCUT2D eigenvalue weighted by Gasteiger charge is -2.01. The Kier molecular flexibility index (Phi) is 4.72. The molecule has 5 heteroatoms. The first-order chi connectivity index (χ1) is 11.8. The van der Waals surface area contributed by atoms with Crippen LogP contribution in [0.15, 0.2) is 71.4 Å². The van der Waals surface area contributed by atoms with E-state index in [1.54, 1.807) is 12.3 Å². The number of carbonyl (C=O) groups is 1. The quantitative estimate of drug-likeness (QED) is 0.713. The molecule has 3 rings (SSSR count). The molecule has 0 bridgehead atoms. The van der Waals surface area contributed by atoms with Crippen LogP contribution in [0.25, 0.3) is 17.3 Å². The first kappa shape index (κ1) is 15.6. The van der Waals surface area contributed by atoms with Crippen LogP contribution < -0.4 is 5.32 Å². The molecule has 0 saturated heterocycles. The number of para-hydroxylation sites is 1. The molecule has 0 radical (unpaired) electrons. The van der Waals surface area contributed by atoms with Gasteiger partial charge >= 0.3 is 5.97 Å². The van der Waals surface area contributed by atoms with E-state index in [4.69, 9.17) is 9.26 Å². The van der Waals surface area contributed by atoms with E-state index in [0.717, 1.165) is 11.3 Å². The first-order valence-corrected chi connectivity index (χ1v) is 7.41. The second-order valence-corrected chi connectivity index (χ2v) is 4.97. The smallest absolute Gasteiger partial charge is 0.344 e. The van der Waals surface area contributed by atoms with Crippen molar-refractivity contribution in [3.8, 4) is 11.3 Å². The average Bonchev–Trinajstić information content (AvgIpc) is 3.06. The summed E-state index contributed by atoms with van der Waals surface area (Å²) in [7, 11) is 1.33. The highest BCUT2D eigenvalue weighted by Crippen LogP contribution is 2.27. The summed E-state index contributed by atoms with van der Waals surface area (Å²) in [5.41, 5.74) is 2.48. The van der Waals surface area contributed by atoms with Crippen LogP contribution in [0.2, 0.25) is 0 Å². The molecule has 24 heavy (non-hydrogen) atoms. The van der Waals surface area contributed by atoms with Gasteiger partial charge in [0.05, 0.1) is 7.11 Å². The largest absolute Gasteiger partial charge is 0.465 e. The van der Waals surface area contributed by atoms with Crippen molar-refractivity contribution in [3.05, 3.63) is 78.2 Å². The molecule has 0 atom stereocenters.